The van der Waals surface area contributed by atoms with Crippen LogP contribution in [0.3, 0.4) is 0 Å². The smallest absolute Gasteiger partial charge is 0.0383 e. The fraction of sp³-hybridized carbons (Fsp3) is 0.667. The lowest BCUT2D eigenvalue weighted by Gasteiger charge is -2.27. The average Bonchev–Trinajstić information content (AvgIpc) is 2.53. The Morgan fingerprint density at radius 2 is 1.69 bits per heavy atom. The third-order valence-corrected chi connectivity index (χ3v) is 2.64. The van der Waals surface area contributed by atoms with Crippen molar-refractivity contribution in [3.63, 3.8) is 0 Å². The van der Waals surface area contributed by atoms with Crippen molar-refractivity contribution in [2.75, 3.05) is 0 Å². The molecule has 1 aromatic rings. The maximum absolute atomic E-state index is 2.30. The standard InChI is InChI=1S/C12H21N/c1-11(2)7-8-12(3,4)13-9-5-6-10-13/h5-6,9-11H,7-8H2,1-4H3. The molecule has 0 bridgehead atoms. The highest BCUT2D eigenvalue weighted by Crippen LogP contribution is 2.23. The molecule has 0 aliphatic heterocycles. The third kappa shape index (κ3) is 2.91. The van der Waals surface area contributed by atoms with E-state index < -0.39 is 0 Å². The van der Waals surface area contributed by atoms with Gasteiger partial charge in [-0.15, -0.1) is 0 Å². The monoisotopic (exact) mass is 179 g/mol. The molecule has 1 rings (SSSR count). The molecule has 0 radical (unpaired) electrons. The molecule has 1 aromatic heterocycles. The molecule has 74 valence electrons. The second kappa shape index (κ2) is 3.99. The summed E-state index contributed by atoms with van der Waals surface area (Å²) in [6, 6.07) is 4.19. The number of hydrogen-bond donors (Lipinski definition) is 0. The Kier molecular flexibility index (Phi) is 3.18. The molecule has 1 nitrogen and oxygen atoms in total. The molecule has 0 saturated heterocycles. The van der Waals surface area contributed by atoms with Crippen LogP contribution in [0.2, 0.25) is 0 Å². The second-order valence-electron chi connectivity index (χ2n) is 4.84. The van der Waals surface area contributed by atoms with Crippen LogP contribution in [0.4, 0.5) is 0 Å². The molecule has 0 fully saturated rings. The maximum atomic E-state index is 2.30. The highest BCUT2D eigenvalue weighted by Gasteiger charge is 2.18. The summed E-state index contributed by atoms with van der Waals surface area (Å²) in [5.74, 6) is 0.801. The number of nitrogens with zero attached hydrogens (tertiary/aromatic N) is 1. The Labute approximate surface area is 81.8 Å². The summed E-state index contributed by atoms with van der Waals surface area (Å²) in [6.45, 7) is 9.17. The van der Waals surface area contributed by atoms with E-state index in [9.17, 15) is 0 Å². The van der Waals surface area contributed by atoms with Gasteiger partial charge in [0.25, 0.3) is 0 Å². The van der Waals surface area contributed by atoms with Crippen LogP contribution in [0.1, 0.15) is 40.5 Å². The van der Waals surface area contributed by atoms with Gasteiger partial charge in [0.2, 0.25) is 0 Å². The summed E-state index contributed by atoms with van der Waals surface area (Å²) in [7, 11) is 0. The summed E-state index contributed by atoms with van der Waals surface area (Å²) >= 11 is 0. The number of hydrogen-bond acceptors (Lipinski definition) is 0. The Morgan fingerprint density at radius 1 is 1.15 bits per heavy atom. The van der Waals surface area contributed by atoms with Crippen molar-refractivity contribution in [1.82, 2.24) is 4.57 Å². The van der Waals surface area contributed by atoms with Crippen LogP contribution in [0, 0.1) is 5.92 Å². The van der Waals surface area contributed by atoms with Gasteiger partial charge in [-0.25, -0.2) is 0 Å². The Balaban J connectivity index is 2.56. The molecule has 1 heteroatoms. The van der Waals surface area contributed by atoms with Gasteiger partial charge in [0.05, 0.1) is 0 Å². The van der Waals surface area contributed by atoms with Crippen molar-refractivity contribution in [3.8, 4) is 0 Å². The first-order valence-corrected chi connectivity index (χ1v) is 5.16. The predicted molar refractivity (Wildman–Crippen MR) is 57.8 cm³/mol. The molecule has 0 N–H and O–H groups in total. The minimum Gasteiger partial charge on any atom is -0.349 e. The minimum absolute atomic E-state index is 0.272. The van der Waals surface area contributed by atoms with Gasteiger partial charge < -0.3 is 4.57 Å². The molecule has 0 spiro atoms. The lowest BCUT2D eigenvalue weighted by atomic mass is 9.94. The van der Waals surface area contributed by atoms with E-state index in [1.54, 1.807) is 0 Å². The summed E-state index contributed by atoms with van der Waals surface area (Å²) in [5.41, 5.74) is 0.272. The topological polar surface area (TPSA) is 4.93 Å². The molecule has 0 amide bonds. The van der Waals surface area contributed by atoms with E-state index in [1.165, 1.54) is 12.8 Å². The summed E-state index contributed by atoms with van der Waals surface area (Å²) in [6.07, 6.45) is 6.85. The summed E-state index contributed by atoms with van der Waals surface area (Å²) in [4.78, 5) is 0. The molecule has 0 aromatic carbocycles. The second-order valence-corrected chi connectivity index (χ2v) is 4.84. The zero-order chi connectivity index (χ0) is 9.90. The fourth-order valence-corrected chi connectivity index (χ4v) is 1.51. The van der Waals surface area contributed by atoms with E-state index in [1.807, 2.05) is 0 Å². The van der Waals surface area contributed by atoms with Gasteiger partial charge in [0, 0.05) is 17.9 Å². The largest absolute Gasteiger partial charge is 0.349 e. The predicted octanol–water partition coefficient (Wildman–Crippen LogP) is 3.66. The van der Waals surface area contributed by atoms with Crippen LogP contribution >= 0.6 is 0 Å². The van der Waals surface area contributed by atoms with E-state index >= 15 is 0 Å². The van der Waals surface area contributed by atoms with Crippen LogP contribution in [0.5, 0.6) is 0 Å². The molecule has 13 heavy (non-hydrogen) atoms. The van der Waals surface area contributed by atoms with Gasteiger partial charge in [-0.05, 0) is 44.7 Å². The van der Waals surface area contributed by atoms with E-state index in [-0.39, 0.29) is 5.54 Å². The van der Waals surface area contributed by atoms with Gasteiger partial charge in [-0.3, -0.25) is 0 Å². The summed E-state index contributed by atoms with van der Waals surface area (Å²) in [5, 5.41) is 0. The van der Waals surface area contributed by atoms with E-state index in [4.69, 9.17) is 0 Å². The SMILES string of the molecule is CC(C)CCC(C)(C)n1cccc1. The Morgan fingerprint density at radius 3 is 2.15 bits per heavy atom. The number of rotatable bonds is 4. The molecule has 0 unspecified atom stereocenters. The number of aromatic nitrogens is 1. The average molecular weight is 179 g/mol. The van der Waals surface area contributed by atoms with E-state index in [2.05, 4.69) is 56.8 Å². The maximum Gasteiger partial charge on any atom is 0.0383 e. The van der Waals surface area contributed by atoms with Crippen LogP contribution in [0.15, 0.2) is 24.5 Å². The Bertz CT molecular complexity index is 232. The third-order valence-electron chi connectivity index (χ3n) is 2.64. The molecule has 0 aliphatic carbocycles. The fourth-order valence-electron chi connectivity index (χ4n) is 1.51. The lowest BCUT2D eigenvalue weighted by molar-refractivity contribution is 0.301. The van der Waals surface area contributed by atoms with E-state index in [0.29, 0.717) is 0 Å². The minimum atomic E-state index is 0.272. The van der Waals surface area contributed by atoms with Crippen molar-refractivity contribution in [1.29, 1.82) is 0 Å². The molecular weight excluding hydrogens is 158 g/mol. The van der Waals surface area contributed by atoms with Gasteiger partial charge in [0.15, 0.2) is 0 Å². The van der Waals surface area contributed by atoms with Crippen LogP contribution < -0.4 is 0 Å². The van der Waals surface area contributed by atoms with Crippen LogP contribution in [-0.4, -0.2) is 4.57 Å². The van der Waals surface area contributed by atoms with Gasteiger partial charge in [-0.2, -0.15) is 0 Å². The van der Waals surface area contributed by atoms with E-state index in [0.717, 1.165) is 5.92 Å². The van der Waals surface area contributed by atoms with Crippen LogP contribution in [-0.2, 0) is 5.54 Å². The van der Waals surface area contributed by atoms with Crippen molar-refractivity contribution in [3.05, 3.63) is 24.5 Å². The van der Waals surface area contributed by atoms with Crippen molar-refractivity contribution < 1.29 is 0 Å². The lowest BCUT2D eigenvalue weighted by Crippen LogP contribution is -2.25. The zero-order valence-corrected chi connectivity index (χ0v) is 9.25. The molecule has 1 heterocycles. The first kappa shape index (κ1) is 10.4. The highest BCUT2D eigenvalue weighted by molar-refractivity contribution is 4.96. The molecule has 0 saturated carbocycles. The first-order chi connectivity index (χ1) is 6.02. The van der Waals surface area contributed by atoms with Crippen molar-refractivity contribution in [2.24, 2.45) is 5.92 Å². The molecule has 0 atom stereocenters. The highest BCUT2D eigenvalue weighted by atomic mass is 15.0. The van der Waals surface area contributed by atoms with Gasteiger partial charge >= 0.3 is 0 Å². The van der Waals surface area contributed by atoms with Crippen molar-refractivity contribution in [2.45, 2.75) is 46.1 Å². The quantitative estimate of drug-likeness (QED) is 0.664. The van der Waals surface area contributed by atoms with Gasteiger partial charge in [0.1, 0.15) is 0 Å². The van der Waals surface area contributed by atoms with Crippen molar-refractivity contribution >= 4 is 0 Å². The summed E-state index contributed by atoms with van der Waals surface area (Å²) < 4.78 is 2.30. The normalized spacial score (nSPS) is 12.4. The van der Waals surface area contributed by atoms with Crippen LogP contribution in [0.25, 0.3) is 0 Å². The Hall–Kier alpha value is -0.720. The molecular formula is C12H21N. The first-order valence-electron chi connectivity index (χ1n) is 5.16. The zero-order valence-electron chi connectivity index (χ0n) is 9.25. The van der Waals surface area contributed by atoms with Gasteiger partial charge in [-0.1, -0.05) is 13.8 Å². The molecule has 0 aliphatic rings.